The third-order valence-electron chi connectivity index (χ3n) is 4.35. The maximum Gasteiger partial charge on any atom is 0.279 e. The third kappa shape index (κ3) is 6.61. The molecule has 1 aliphatic rings. The number of nitrogens with one attached hydrogen (secondary N) is 1. The van der Waals surface area contributed by atoms with Gasteiger partial charge in [-0.3, -0.25) is 0 Å². The van der Waals surface area contributed by atoms with Crippen LogP contribution in [0.25, 0.3) is 0 Å². The van der Waals surface area contributed by atoms with Gasteiger partial charge in [-0.2, -0.15) is 12.7 Å². The summed E-state index contributed by atoms with van der Waals surface area (Å²) in [5.74, 6) is 0.475. The number of rotatable bonds is 9. The molecule has 126 valence electrons. The summed E-state index contributed by atoms with van der Waals surface area (Å²) in [7, 11) is -1.21. The Labute approximate surface area is 130 Å². The highest BCUT2D eigenvalue weighted by molar-refractivity contribution is 7.87. The first-order valence-electron chi connectivity index (χ1n) is 8.02. The van der Waals surface area contributed by atoms with Crippen LogP contribution in [0.4, 0.5) is 0 Å². The second kappa shape index (κ2) is 9.05. The van der Waals surface area contributed by atoms with Crippen LogP contribution in [0, 0.1) is 5.92 Å². The Morgan fingerprint density at radius 3 is 2.43 bits per heavy atom. The average Bonchev–Trinajstić information content (AvgIpc) is 2.46. The molecule has 3 N–H and O–H groups in total. The van der Waals surface area contributed by atoms with Crippen LogP contribution in [-0.4, -0.2) is 63.4 Å². The topological polar surface area (TPSA) is 78.7 Å². The highest BCUT2D eigenvalue weighted by Gasteiger charge is 2.26. The van der Waals surface area contributed by atoms with E-state index >= 15 is 0 Å². The second-order valence-corrected chi connectivity index (χ2v) is 8.01. The van der Waals surface area contributed by atoms with Gasteiger partial charge in [0.1, 0.15) is 0 Å². The van der Waals surface area contributed by atoms with Crippen molar-refractivity contribution < 1.29 is 8.42 Å². The summed E-state index contributed by atoms with van der Waals surface area (Å²) >= 11 is 0. The normalized spacial score (nSPS) is 18.8. The quantitative estimate of drug-likeness (QED) is 0.610. The summed E-state index contributed by atoms with van der Waals surface area (Å²) in [6.07, 6.45) is 3.62. The van der Waals surface area contributed by atoms with Gasteiger partial charge in [-0.15, -0.1) is 0 Å². The van der Waals surface area contributed by atoms with Crippen molar-refractivity contribution in [1.29, 1.82) is 0 Å². The molecule has 0 atom stereocenters. The molecular weight excluding hydrogens is 288 g/mol. The number of nitrogens with zero attached hydrogens (tertiary/aromatic N) is 2. The Morgan fingerprint density at radius 2 is 1.90 bits per heavy atom. The molecule has 1 saturated heterocycles. The minimum Gasteiger partial charge on any atom is -0.330 e. The van der Waals surface area contributed by atoms with Crippen LogP contribution >= 0.6 is 0 Å². The molecule has 1 fully saturated rings. The average molecular weight is 321 g/mol. The fraction of sp³-hybridized carbons (Fsp3) is 1.00. The molecule has 1 heterocycles. The molecule has 0 bridgehead atoms. The van der Waals surface area contributed by atoms with Crippen molar-refractivity contribution in [3.63, 3.8) is 0 Å². The first-order valence-corrected chi connectivity index (χ1v) is 9.46. The minimum atomic E-state index is -3.30. The molecule has 0 amide bonds. The van der Waals surface area contributed by atoms with Crippen LogP contribution in [0.3, 0.4) is 0 Å². The summed E-state index contributed by atoms with van der Waals surface area (Å²) < 4.78 is 28.6. The number of unbranched alkanes of at least 4 members (excludes halogenated alkanes) is 1. The van der Waals surface area contributed by atoms with E-state index in [9.17, 15) is 8.42 Å². The predicted molar refractivity (Wildman–Crippen MR) is 87.3 cm³/mol. The summed E-state index contributed by atoms with van der Waals surface area (Å²) in [4.78, 5) is 2.27. The standard InChI is InChI=1S/C14H32N4O2S/c1-13(2)17(3)9-5-4-8-16-21(19,20)18-10-6-14(12-15)7-11-18/h13-14,16H,4-12,15H2,1-3H3. The lowest BCUT2D eigenvalue weighted by Gasteiger charge is -2.30. The fourth-order valence-corrected chi connectivity index (χ4v) is 3.70. The van der Waals surface area contributed by atoms with Gasteiger partial charge in [0.15, 0.2) is 0 Å². The number of hydrogen-bond donors (Lipinski definition) is 2. The Balaban J connectivity index is 2.21. The zero-order valence-electron chi connectivity index (χ0n) is 13.7. The van der Waals surface area contributed by atoms with Crippen molar-refractivity contribution in [3.05, 3.63) is 0 Å². The summed E-state index contributed by atoms with van der Waals surface area (Å²) in [6.45, 7) is 7.68. The molecule has 6 nitrogen and oxygen atoms in total. The molecule has 0 aromatic rings. The molecular formula is C14H32N4O2S. The van der Waals surface area contributed by atoms with E-state index in [1.165, 1.54) is 0 Å². The van der Waals surface area contributed by atoms with E-state index in [0.29, 0.717) is 38.1 Å². The lowest BCUT2D eigenvalue weighted by atomic mass is 9.99. The van der Waals surface area contributed by atoms with Gasteiger partial charge < -0.3 is 10.6 Å². The Morgan fingerprint density at radius 1 is 1.29 bits per heavy atom. The van der Waals surface area contributed by atoms with Crippen LogP contribution < -0.4 is 10.5 Å². The van der Waals surface area contributed by atoms with E-state index in [4.69, 9.17) is 5.73 Å². The van der Waals surface area contributed by atoms with E-state index in [2.05, 4.69) is 30.5 Å². The molecule has 0 aromatic carbocycles. The van der Waals surface area contributed by atoms with Gasteiger partial charge in [0.2, 0.25) is 0 Å². The smallest absolute Gasteiger partial charge is 0.279 e. The largest absolute Gasteiger partial charge is 0.330 e. The van der Waals surface area contributed by atoms with Gasteiger partial charge >= 0.3 is 0 Å². The number of nitrogens with two attached hydrogens (primary N) is 1. The molecule has 0 unspecified atom stereocenters. The lowest BCUT2D eigenvalue weighted by Crippen LogP contribution is -2.46. The molecule has 0 aliphatic carbocycles. The van der Waals surface area contributed by atoms with E-state index in [0.717, 1.165) is 32.2 Å². The highest BCUT2D eigenvalue weighted by atomic mass is 32.2. The van der Waals surface area contributed by atoms with Crippen molar-refractivity contribution in [2.24, 2.45) is 11.7 Å². The van der Waals surface area contributed by atoms with Crippen molar-refractivity contribution in [1.82, 2.24) is 13.9 Å². The van der Waals surface area contributed by atoms with Gasteiger partial charge in [-0.05, 0) is 65.6 Å². The zero-order valence-corrected chi connectivity index (χ0v) is 14.5. The first kappa shape index (κ1) is 18.8. The summed E-state index contributed by atoms with van der Waals surface area (Å²) in [5, 5.41) is 0. The molecule has 0 aromatic heterocycles. The Bertz CT molecular complexity index is 378. The fourth-order valence-electron chi connectivity index (χ4n) is 2.42. The molecule has 7 heteroatoms. The molecule has 0 saturated carbocycles. The van der Waals surface area contributed by atoms with Gasteiger partial charge in [0, 0.05) is 25.7 Å². The monoisotopic (exact) mass is 320 g/mol. The van der Waals surface area contributed by atoms with E-state index in [1.54, 1.807) is 4.31 Å². The van der Waals surface area contributed by atoms with Crippen molar-refractivity contribution in [3.8, 4) is 0 Å². The van der Waals surface area contributed by atoms with Crippen molar-refractivity contribution in [2.45, 2.75) is 45.6 Å². The van der Waals surface area contributed by atoms with Crippen LogP contribution in [0.1, 0.15) is 39.5 Å². The third-order valence-corrected chi connectivity index (χ3v) is 5.96. The van der Waals surface area contributed by atoms with E-state index in [1.807, 2.05) is 0 Å². The maximum absolute atomic E-state index is 12.2. The lowest BCUT2D eigenvalue weighted by molar-refractivity contribution is 0.267. The molecule has 0 radical (unpaired) electrons. The maximum atomic E-state index is 12.2. The van der Waals surface area contributed by atoms with E-state index < -0.39 is 10.2 Å². The van der Waals surface area contributed by atoms with Gasteiger partial charge in [0.05, 0.1) is 0 Å². The molecule has 1 aliphatic heterocycles. The predicted octanol–water partition coefficient (Wildman–Crippen LogP) is 0.612. The SMILES string of the molecule is CC(C)N(C)CCCCNS(=O)(=O)N1CCC(CN)CC1. The molecule has 1 rings (SSSR count). The number of piperidine rings is 1. The number of hydrogen-bond acceptors (Lipinski definition) is 4. The van der Waals surface area contributed by atoms with Crippen molar-refractivity contribution >= 4 is 10.2 Å². The second-order valence-electron chi connectivity index (χ2n) is 6.26. The van der Waals surface area contributed by atoms with Crippen LogP contribution in [0.2, 0.25) is 0 Å². The van der Waals surface area contributed by atoms with Crippen LogP contribution in [-0.2, 0) is 10.2 Å². The highest BCUT2D eigenvalue weighted by Crippen LogP contribution is 2.17. The van der Waals surface area contributed by atoms with Crippen LogP contribution in [0.15, 0.2) is 0 Å². The van der Waals surface area contributed by atoms with Gasteiger partial charge in [-0.25, -0.2) is 4.72 Å². The first-order chi connectivity index (χ1) is 9.86. The minimum absolute atomic E-state index is 0.475. The van der Waals surface area contributed by atoms with E-state index in [-0.39, 0.29) is 0 Å². The molecule has 0 spiro atoms. The van der Waals surface area contributed by atoms with Crippen LogP contribution in [0.5, 0.6) is 0 Å². The molecule has 21 heavy (non-hydrogen) atoms. The Kier molecular flexibility index (Phi) is 8.12. The van der Waals surface area contributed by atoms with Gasteiger partial charge in [-0.1, -0.05) is 0 Å². The van der Waals surface area contributed by atoms with Crippen molar-refractivity contribution in [2.75, 3.05) is 39.8 Å². The van der Waals surface area contributed by atoms with Gasteiger partial charge in [0.25, 0.3) is 10.2 Å². The zero-order chi connectivity index (χ0) is 15.9. The Hall–Kier alpha value is -0.210. The summed E-state index contributed by atoms with van der Waals surface area (Å²) in [6, 6.07) is 0.533. The summed E-state index contributed by atoms with van der Waals surface area (Å²) in [5.41, 5.74) is 5.63.